The van der Waals surface area contributed by atoms with Crippen molar-refractivity contribution in [2.24, 2.45) is 0 Å². The minimum Gasteiger partial charge on any atom is -0.490 e. The van der Waals surface area contributed by atoms with Crippen LogP contribution in [-0.4, -0.2) is 31.5 Å². The van der Waals surface area contributed by atoms with Gasteiger partial charge in [-0.25, -0.2) is 0 Å². The maximum atomic E-state index is 5.45. The average molecular weight is 713 g/mol. The first-order valence-electron chi connectivity index (χ1n) is 12.6. The number of hydrogen-bond donors (Lipinski definition) is 0. The van der Waals surface area contributed by atoms with Gasteiger partial charge in [0.25, 0.3) is 0 Å². The van der Waals surface area contributed by atoms with Gasteiger partial charge >= 0.3 is 19.8 Å². The fourth-order valence-corrected chi connectivity index (χ4v) is 3.41. The van der Waals surface area contributed by atoms with Gasteiger partial charge < -0.3 is 9.72 Å². The van der Waals surface area contributed by atoms with E-state index in [-0.39, 0.29) is 19.8 Å². The first kappa shape index (κ1) is 30.7. The molecule has 5 aromatic heterocycles. The summed E-state index contributed by atoms with van der Waals surface area (Å²) in [6.07, 6.45) is 10.5. The third kappa shape index (κ3) is 10.3. The molecule has 203 valence electrons. The molecule has 0 atom stereocenters. The fourth-order valence-electron chi connectivity index (χ4n) is 3.41. The van der Waals surface area contributed by atoms with Crippen LogP contribution in [0.4, 0.5) is 0 Å². The van der Waals surface area contributed by atoms with Crippen LogP contribution in [0.3, 0.4) is 0 Å². The van der Waals surface area contributed by atoms with Crippen molar-refractivity contribution in [3.63, 3.8) is 0 Å². The van der Waals surface area contributed by atoms with Crippen LogP contribution < -0.4 is 4.74 Å². The molecular formula is C34H28N5OOs. The molecule has 0 saturated heterocycles. The van der Waals surface area contributed by atoms with E-state index in [4.69, 9.17) is 4.74 Å². The minimum atomic E-state index is 0. The van der Waals surface area contributed by atoms with Crippen LogP contribution >= 0.6 is 0 Å². The molecule has 41 heavy (non-hydrogen) atoms. The summed E-state index contributed by atoms with van der Waals surface area (Å²) in [5.74, 6) is 0.794. The molecule has 6 aromatic rings. The van der Waals surface area contributed by atoms with E-state index in [1.54, 1.807) is 37.1 Å². The summed E-state index contributed by atoms with van der Waals surface area (Å²) in [5.41, 5.74) is 5.49. The molecule has 6 nitrogen and oxygen atoms in total. The number of aromatic nitrogens is 5. The van der Waals surface area contributed by atoms with Crippen LogP contribution in [0.1, 0.15) is 0 Å². The Hall–Kier alpha value is -4.85. The van der Waals surface area contributed by atoms with Gasteiger partial charge in [0.1, 0.15) is 12.4 Å². The molecule has 0 amide bonds. The fraction of sp³-hybridized carbons (Fsp3) is 0.0294. The van der Waals surface area contributed by atoms with Crippen molar-refractivity contribution in [1.82, 2.24) is 24.9 Å². The zero-order valence-electron chi connectivity index (χ0n) is 22.3. The van der Waals surface area contributed by atoms with Crippen LogP contribution in [0.25, 0.3) is 34.0 Å². The molecule has 1 radical (unpaired) electrons. The van der Waals surface area contributed by atoms with Crippen molar-refractivity contribution in [3.8, 4) is 39.8 Å². The van der Waals surface area contributed by atoms with Gasteiger partial charge in [-0.05, 0) is 66.4 Å². The van der Waals surface area contributed by atoms with Gasteiger partial charge in [-0.2, -0.15) is 0 Å². The van der Waals surface area contributed by atoms with Crippen molar-refractivity contribution >= 4 is 0 Å². The molecule has 5 heterocycles. The van der Waals surface area contributed by atoms with Crippen LogP contribution in [0, 0.1) is 6.07 Å². The van der Waals surface area contributed by atoms with Crippen molar-refractivity contribution in [3.05, 3.63) is 159 Å². The van der Waals surface area contributed by atoms with Crippen LogP contribution in [0.2, 0.25) is 0 Å². The third-order valence-electron chi connectivity index (χ3n) is 5.27. The Kier molecular flexibility index (Phi) is 13.2. The SMILES string of the molecule is C=CCOc1ccnc(-c2[c-]cccc2)c1.[Os+].c1ccc(-c2ccccn2)nc1.c1ccc(-c2ccccn2)nc1. The first-order valence-corrected chi connectivity index (χ1v) is 12.6. The van der Waals surface area contributed by atoms with Gasteiger partial charge in [-0.15, -0.1) is 35.9 Å². The third-order valence-corrected chi connectivity index (χ3v) is 5.27. The normalized spacial score (nSPS) is 9.46. The van der Waals surface area contributed by atoms with E-state index in [1.165, 1.54) is 0 Å². The van der Waals surface area contributed by atoms with Crippen molar-refractivity contribution in [1.29, 1.82) is 0 Å². The molecule has 7 heteroatoms. The largest absolute Gasteiger partial charge is 1.00 e. The number of pyridine rings is 5. The smallest absolute Gasteiger partial charge is 0.490 e. The summed E-state index contributed by atoms with van der Waals surface area (Å²) in [6.45, 7) is 4.11. The maximum Gasteiger partial charge on any atom is 1.00 e. The molecule has 0 spiro atoms. The molecule has 0 unspecified atom stereocenters. The second-order valence-corrected chi connectivity index (χ2v) is 8.11. The van der Waals surface area contributed by atoms with E-state index in [2.05, 4.69) is 37.6 Å². The quantitative estimate of drug-likeness (QED) is 0.133. The van der Waals surface area contributed by atoms with Crippen molar-refractivity contribution < 1.29 is 24.5 Å². The monoisotopic (exact) mass is 714 g/mol. The number of nitrogens with zero attached hydrogens (tertiary/aromatic N) is 5. The summed E-state index contributed by atoms with van der Waals surface area (Å²) < 4.78 is 5.45. The van der Waals surface area contributed by atoms with E-state index < -0.39 is 0 Å². The van der Waals surface area contributed by atoms with Gasteiger partial charge in [0.2, 0.25) is 0 Å². The topological polar surface area (TPSA) is 73.7 Å². The van der Waals surface area contributed by atoms with E-state index in [0.29, 0.717) is 6.61 Å². The molecule has 0 aliphatic heterocycles. The molecule has 0 saturated carbocycles. The van der Waals surface area contributed by atoms with Gasteiger partial charge in [-0.1, -0.05) is 36.9 Å². The van der Waals surface area contributed by atoms with Crippen LogP contribution in [-0.2, 0) is 19.8 Å². The van der Waals surface area contributed by atoms with E-state index in [9.17, 15) is 0 Å². The number of hydrogen-bond acceptors (Lipinski definition) is 6. The molecule has 0 aliphatic rings. The van der Waals surface area contributed by atoms with E-state index >= 15 is 0 Å². The van der Waals surface area contributed by atoms with E-state index in [1.807, 2.05) is 109 Å². The van der Waals surface area contributed by atoms with E-state index in [0.717, 1.165) is 39.8 Å². The number of benzene rings is 1. The second kappa shape index (κ2) is 17.7. The van der Waals surface area contributed by atoms with Gasteiger partial charge in [0.05, 0.1) is 22.8 Å². The van der Waals surface area contributed by atoms with Crippen LogP contribution in [0.5, 0.6) is 5.75 Å². The standard InChI is InChI=1S/C14H12NO.2C10H8N2.Os/c1-2-10-16-13-8-9-15-14(11-13)12-6-4-3-5-7-12;2*1-3-7-11-9(5-1)10-6-2-4-8-12-10;/h2-6,8-9,11H,1,10H2;2*1-8H;/q-1;;;+1. The first-order chi connectivity index (χ1) is 19.8. The summed E-state index contributed by atoms with van der Waals surface area (Å²) in [6, 6.07) is 37.8. The van der Waals surface area contributed by atoms with Gasteiger partial charge in [0, 0.05) is 31.0 Å². The Bertz CT molecular complexity index is 1390. The summed E-state index contributed by atoms with van der Waals surface area (Å²) >= 11 is 0. The van der Waals surface area contributed by atoms with Crippen LogP contribution in [0.15, 0.2) is 153 Å². The maximum absolute atomic E-state index is 5.45. The Balaban J connectivity index is 0.000000169. The zero-order chi connectivity index (χ0) is 27.7. The Morgan fingerprint density at radius 3 is 1.41 bits per heavy atom. The molecule has 1 aromatic carbocycles. The molecule has 0 fully saturated rings. The molecule has 6 rings (SSSR count). The molecular weight excluding hydrogens is 685 g/mol. The predicted octanol–water partition coefficient (Wildman–Crippen LogP) is 7.40. The predicted molar refractivity (Wildman–Crippen MR) is 159 cm³/mol. The summed E-state index contributed by atoms with van der Waals surface area (Å²) in [4.78, 5) is 21.0. The molecule has 0 N–H and O–H groups in total. The summed E-state index contributed by atoms with van der Waals surface area (Å²) in [7, 11) is 0. The zero-order valence-corrected chi connectivity index (χ0v) is 24.8. The number of ether oxygens (including phenoxy) is 1. The number of rotatable bonds is 6. The average Bonchev–Trinajstić information content (AvgIpc) is 3.07. The Morgan fingerprint density at radius 1 is 0.561 bits per heavy atom. The van der Waals surface area contributed by atoms with Crippen molar-refractivity contribution in [2.75, 3.05) is 6.61 Å². The Morgan fingerprint density at radius 2 is 1.02 bits per heavy atom. The minimum absolute atomic E-state index is 0. The molecule has 0 bridgehead atoms. The summed E-state index contributed by atoms with van der Waals surface area (Å²) in [5, 5.41) is 0. The second-order valence-electron chi connectivity index (χ2n) is 8.11. The van der Waals surface area contributed by atoms with Crippen molar-refractivity contribution in [2.45, 2.75) is 0 Å². The van der Waals surface area contributed by atoms with Gasteiger partial charge in [-0.3, -0.25) is 19.9 Å². The molecule has 0 aliphatic carbocycles. The van der Waals surface area contributed by atoms with Gasteiger partial charge in [0.15, 0.2) is 0 Å². The Labute approximate surface area is 254 Å².